The molecule has 0 amide bonds. The van der Waals surface area contributed by atoms with Crippen molar-refractivity contribution in [2.24, 2.45) is 0 Å². The molecule has 2 unspecified atom stereocenters. The summed E-state index contributed by atoms with van der Waals surface area (Å²) in [6.45, 7) is 5.98. The molecule has 6 nitrogen and oxygen atoms in total. The number of esters is 1. The topological polar surface area (TPSA) is 60.9 Å². The number of pyridine rings is 1. The fourth-order valence-electron chi connectivity index (χ4n) is 2.51. The fourth-order valence-corrected chi connectivity index (χ4v) is 2.51. The zero-order valence-electron chi connectivity index (χ0n) is 12.7. The molecule has 0 aromatic carbocycles. The lowest BCUT2D eigenvalue weighted by Crippen LogP contribution is -2.49. The molecule has 0 saturated carbocycles. The highest BCUT2D eigenvalue weighted by Gasteiger charge is 2.28. The molecule has 0 bridgehead atoms. The average Bonchev–Trinajstić information content (AvgIpc) is 2.47. The van der Waals surface area contributed by atoms with Crippen molar-refractivity contribution in [1.29, 1.82) is 0 Å². The molecule has 116 valence electrons. The first-order valence-electron chi connectivity index (χ1n) is 7.17. The van der Waals surface area contributed by atoms with E-state index >= 15 is 0 Å². The summed E-state index contributed by atoms with van der Waals surface area (Å²) in [5.74, 6) is 0.301. The van der Waals surface area contributed by atoms with Gasteiger partial charge in [0.15, 0.2) is 0 Å². The zero-order chi connectivity index (χ0) is 15.2. The van der Waals surface area contributed by atoms with Gasteiger partial charge in [-0.3, -0.25) is 0 Å². The maximum atomic E-state index is 12.1. The van der Waals surface area contributed by atoms with E-state index in [2.05, 4.69) is 9.88 Å². The summed E-state index contributed by atoms with van der Waals surface area (Å²) in [4.78, 5) is 18.5. The molecule has 1 aliphatic rings. The minimum atomic E-state index is -0.344. The number of methoxy groups -OCH3 is 1. The van der Waals surface area contributed by atoms with Gasteiger partial charge in [0.25, 0.3) is 0 Å². The number of anilines is 1. The second-order valence-corrected chi connectivity index (χ2v) is 5.02. The molecule has 2 atom stereocenters. The van der Waals surface area contributed by atoms with Crippen LogP contribution >= 0.6 is 0 Å². The normalized spacial score (nSPS) is 22.1. The van der Waals surface area contributed by atoms with Gasteiger partial charge in [0.05, 0.1) is 25.4 Å². The van der Waals surface area contributed by atoms with E-state index in [1.807, 2.05) is 6.92 Å². The smallest absolute Gasteiger partial charge is 0.341 e. The van der Waals surface area contributed by atoms with Crippen molar-refractivity contribution >= 4 is 11.8 Å². The number of morpholine rings is 1. The van der Waals surface area contributed by atoms with Crippen LogP contribution in [0.25, 0.3) is 0 Å². The van der Waals surface area contributed by atoms with Crippen molar-refractivity contribution < 1.29 is 19.0 Å². The third kappa shape index (κ3) is 3.92. The molecule has 0 N–H and O–H groups in total. The van der Waals surface area contributed by atoms with Crippen molar-refractivity contribution in [2.45, 2.75) is 26.1 Å². The minimum absolute atomic E-state index is 0.0317. The van der Waals surface area contributed by atoms with Crippen LogP contribution in [0.2, 0.25) is 0 Å². The van der Waals surface area contributed by atoms with E-state index in [-0.39, 0.29) is 18.2 Å². The molecule has 2 rings (SSSR count). The van der Waals surface area contributed by atoms with E-state index in [9.17, 15) is 4.79 Å². The van der Waals surface area contributed by atoms with Gasteiger partial charge < -0.3 is 19.1 Å². The number of ether oxygens (including phenoxy) is 3. The Kier molecular flexibility index (Phi) is 5.52. The molecule has 1 aromatic heterocycles. The lowest BCUT2D eigenvalue weighted by molar-refractivity contribution is -0.0513. The van der Waals surface area contributed by atoms with Gasteiger partial charge in [-0.1, -0.05) is 0 Å². The molecule has 0 spiro atoms. The van der Waals surface area contributed by atoms with E-state index in [1.165, 1.54) is 0 Å². The van der Waals surface area contributed by atoms with Crippen molar-refractivity contribution in [2.75, 3.05) is 38.3 Å². The first-order valence-corrected chi connectivity index (χ1v) is 7.17. The summed E-state index contributed by atoms with van der Waals surface area (Å²) in [6.07, 6.45) is 1.70. The Morgan fingerprint density at radius 2 is 2.33 bits per heavy atom. The van der Waals surface area contributed by atoms with Gasteiger partial charge in [0, 0.05) is 26.4 Å². The highest BCUT2D eigenvalue weighted by molar-refractivity contribution is 5.94. The summed E-state index contributed by atoms with van der Waals surface area (Å²) < 4.78 is 16.1. The number of hydrogen-bond acceptors (Lipinski definition) is 6. The van der Waals surface area contributed by atoms with E-state index in [0.29, 0.717) is 37.7 Å². The second kappa shape index (κ2) is 7.38. The van der Waals surface area contributed by atoms with Crippen LogP contribution in [0.1, 0.15) is 24.2 Å². The molecule has 0 aliphatic carbocycles. The van der Waals surface area contributed by atoms with Gasteiger partial charge in [-0.15, -0.1) is 0 Å². The summed E-state index contributed by atoms with van der Waals surface area (Å²) in [5, 5.41) is 0. The first-order chi connectivity index (χ1) is 10.2. The van der Waals surface area contributed by atoms with Crippen LogP contribution in [0.3, 0.4) is 0 Å². The lowest BCUT2D eigenvalue weighted by atomic mass is 10.2. The Labute approximate surface area is 125 Å². The van der Waals surface area contributed by atoms with Gasteiger partial charge in [-0.05, 0) is 26.0 Å². The predicted octanol–water partition coefficient (Wildman–Crippen LogP) is 1.50. The van der Waals surface area contributed by atoms with Gasteiger partial charge in [-0.2, -0.15) is 0 Å². The number of carbonyl (C=O) groups is 1. The number of aromatic nitrogens is 1. The van der Waals surface area contributed by atoms with Gasteiger partial charge in [0.2, 0.25) is 0 Å². The van der Waals surface area contributed by atoms with E-state index in [0.717, 1.165) is 0 Å². The molecule has 0 radical (unpaired) electrons. The number of carbonyl (C=O) groups excluding carboxylic acids is 1. The first kappa shape index (κ1) is 15.7. The highest BCUT2D eigenvalue weighted by atomic mass is 16.5. The Hall–Kier alpha value is -1.66. The second-order valence-electron chi connectivity index (χ2n) is 5.02. The summed E-state index contributed by atoms with van der Waals surface area (Å²) in [6, 6.07) is 3.48. The largest absolute Gasteiger partial charge is 0.462 e. The van der Waals surface area contributed by atoms with Crippen LogP contribution in [0.4, 0.5) is 5.82 Å². The third-order valence-corrected chi connectivity index (χ3v) is 3.26. The summed E-state index contributed by atoms with van der Waals surface area (Å²) >= 11 is 0. The molecule has 1 fully saturated rings. The minimum Gasteiger partial charge on any atom is -0.462 e. The molecule has 1 saturated heterocycles. The maximum Gasteiger partial charge on any atom is 0.341 e. The third-order valence-electron chi connectivity index (χ3n) is 3.26. The Bertz CT molecular complexity index is 480. The quantitative estimate of drug-likeness (QED) is 0.767. The fraction of sp³-hybridized carbons (Fsp3) is 0.600. The molecule has 2 heterocycles. The molecular formula is C15H22N2O4. The Morgan fingerprint density at radius 1 is 1.52 bits per heavy atom. The van der Waals surface area contributed by atoms with Crippen molar-refractivity contribution in [1.82, 2.24) is 4.98 Å². The zero-order valence-corrected chi connectivity index (χ0v) is 12.7. The molecule has 1 aliphatic heterocycles. The standard InChI is InChI=1S/C15H22N2O4/c1-4-20-15(18)13-6-5-7-16-14(13)17-8-11(2)21-12(9-17)10-19-3/h5-7,11-12H,4,8-10H2,1-3H3. The van der Waals surface area contributed by atoms with E-state index in [4.69, 9.17) is 14.2 Å². The SMILES string of the molecule is CCOC(=O)c1cccnc1N1CC(C)OC(COC)C1. The van der Waals surface area contributed by atoms with Gasteiger partial charge >= 0.3 is 5.97 Å². The Morgan fingerprint density at radius 3 is 3.05 bits per heavy atom. The van der Waals surface area contributed by atoms with Crippen molar-refractivity contribution in [3.8, 4) is 0 Å². The van der Waals surface area contributed by atoms with Crippen molar-refractivity contribution in [3.63, 3.8) is 0 Å². The number of rotatable bonds is 5. The van der Waals surface area contributed by atoms with Crippen LogP contribution in [-0.4, -0.2) is 56.6 Å². The number of hydrogen-bond donors (Lipinski definition) is 0. The predicted molar refractivity (Wildman–Crippen MR) is 78.6 cm³/mol. The van der Waals surface area contributed by atoms with Crippen LogP contribution in [0.5, 0.6) is 0 Å². The molecule has 21 heavy (non-hydrogen) atoms. The summed E-state index contributed by atoms with van der Waals surface area (Å²) in [5.41, 5.74) is 0.490. The van der Waals surface area contributed by atoms with Crippen LogP contribution < -0.4 is 4.90 Å². The lowest BCUT2D eigenvalue weighted by Gasteiger charge is -2.37. The average molecular weight is 294 g/mol. The molecular weight excluding hydrogens is 272 g/mol. The van der Waals surface area contributed by atoms with Gasteiger partial charge in [0.1, 0.15) is 11.4 Å². The van der Waals surface area contributed by atoms with Crippen LogP contribution in [-0.2, 0) is 14.2 Å². The Balaban J connectivity index is 2.22. The molecule has 6 heteroatoms. The van der Waals surface area contributed by atoms with E-state index in [1.54, 1.807) is 32.4 Å². The van der Waals surface area contributed by atoms with Crippen LogP contribution in [0.15, 0.2) is 18.3 Å². The van der Waals surface area contributed by atoms with Gasteiger partial charge in [-0.25, -0.2) is 9.78 Å². The summed E-state index contributed by atoms with van der Waals surface area (Å²) in [7, 11) is 1.65. The highest BCUT2D eigenvalue weighted by Crippen LogP contribution is 2.23. The maximum absolute atomic E-state index is 12.1. The van der Waals surface area contributed by atoms with E-state index < -0.39 is 0 Å². The number of nitrogens with zero attached hydrogens (tertiary/aromatic N) is 2. The van der Waals surface area contributed by atoms with Crippen molar-refractivity contribution in [3.05, 3.63) is 23.9 Å². The molecule has 1 aromatic rings. The monoisotopic (exact) mass is 294 g/mol. The van der Waals surface area contributed by atoms with Crippen LogP contribution in [0, 0.1) is 0 Å².